The Kier molecular flexibility index (Phi) is 10.3. The van der Waals surface area contributed by atoms with Crippen LogP contribution in [0.5, 0.6) is 0 Å². The van der Waals surface area contributed by atoms with E-state index in [1.54, 1.807) is 13.8 Å². The zero-order valence-electron chi connectivity index (χ0n) is 19.3. The molecule has 9 nitrogen and oxygen atoms in total. The Morgan fingerprint density at radius 1 is 1.03 bits per heavy atom. The van der Waals surface area contributed by atoms with E-state index in [4.69, 9.17) is 9.84 Å². The van der Waals surface area contributed by atoms with Gasteiger partial charge in [0, 0.05) is 13.1 Å². The molecule has 2 amide bonds. The van der Waals surface area contributed by atoms with Gasteiger partial charge >= 0.3 is 12.1 Å². The summed E-state index contributed by atoms with van der Waals surface area (Å²) in [5.41, 5.74) is 2.78. The van der Waals surface area contributed by atoms with Gasteiger partial charge in [0.2, 0.25) is 5.91 Å². The fraction of sp³-hybridized carbons (Fsp3) is 0.375. The van der Waals surface area contributed by atoms with Crippen molar-refractivity contribution in [3.05, 3.63) is 60.2 Å². The van der Waals surface area contributed by atoms with Crippen LogP contribution in [-0.2, 0) is 25.3 Å². The van der Waals surface area contributed by atoms with E-state index in [2.05, 4.69) is 5.32 Å². The highest BCUT2D eigenvalue weighted by Crippen LogP contribution is 2.47. The first-order valence-electron chi connectivity index (χ1n) is 11.1. The van der Waals surface area contributed by atoms with Crippen LogP contribution in [0.2, 0.25) is 0 Å². The lowest BCUT2D eigenvalue weighted by atomic mass is 9.97. The number of carboxylic acid groups (broad SMARTS) is 1. The molecular formula is C24H31N2O7P. The van der Waals surface area contributed by atoms with Crippen molar-refractivity contribution in [2.24, 2.45) is 5.92 Å². The summed E-state index contributed by atoms with van der Waals surface area (Å²) in [6.07, 6.45) is -1.55. The largest absolute Gasteiger partial charge is 0.481 e. The number of ether oxygens (including phenoxy) is 1. The second-order valence-electron chi connectivity index (χ2n) is 7.66. The lowest BCUT2D eigenvalue weighted by Crippen LogP contribution is -2.38. The van der Waals surface area contributed by atoms with Crippen molar-refractivity contribution in [3.63, 3.8) is 0 Å². The third-order valence-electron chi connectivity index (χ3n) is 5.17. The van der Waals surface area contributed by atoms with Crippen molar-refractivity contribution >= 4 is 25.5 Å². The first-order chi connectivity index (χ1) is 16.2. The van der Waals surface area contributed by atoms with E-state index in [0.717, 1.165) is 21.4 Å². The molecule has 0 aromatic heterocycles. The highest BCUT2D eigenvalue weighted by atomic mass is 31.2. The number of carbonyl (C=O) groups excluding carboxylic acids is 2. The van der Waals surface area contributed by atoms with Gasteiger partial charge in [0.15, 0.2) is 0 Å². The van der Waals surface area contributed by atoms with Crippen molar-refractivity contribution in [2.75, 3.05) is 25.9 Å². The molecule has 2 aromatic rings. The summed E-state index contributed by atoms with van der Waals surface area (Å²) in [4.78, 5) is 46.5. The number of hydrogen-bond donors (Lipinski definition) is 3. The van der Waals surface area contributed by atoms with Crippen molar-refractivity contribution in [1.82, 2.24) is 9.99 Å². The van der Waals surface area contributed by atoms with Gasteiger partial charge in [-0.2, -0.15) is 0 Å². The summed E-state index contributed by atoms with van der Waals surface area (Å²) in [6, 6.07) is 17.2. The van der Waals surface area contributed by atoms with Crippen molar-refractivity contribution in [1.29, 1.82) is 0 Å². The van der Waals surface area contributed by atoms with Gasteiger partial charge in [0.1, 0.15) is 0 Å². The molecule has 0 saturated carbocycles. The van der Waals surface area contributed by atoms with Crippen LogP contribution < -0.4 is 5.32 Å². The number of nitrogens with zero attached hydrogens (tertiary/aromatic N) is 1. The molecule has 0 spiro atoms. The van der Waals surface area contributed by atoms with E-state index in [0.29, 0.717) is 0 Å². The minimum atomic E-state index is -4.26. The minimum Gasteiger partial charge on any atom is -0.481 e. The molecule has 2 aromatic carbocycles. The summed E-state index contributed by atoms with van der Waals surface area (Å²) in [6.45, 7) is 3.01. The molecule has 3 N–H and O–H groups in total. The van der Waals surface area contributed by atoms with E-state index in [-0.39, 0.29) is 32.5 Å². The molecule has 0 radical (unpaired) electrons. The number of amides is 2. The van der Waals surface area contributed by atoms with Crippen LogP contribution >= 0.6 is 7.52 Å². The summed E-state index contributed by atoms with van der Waals surface area (Å²) in [7, 11) is -4.26. The summed E-state index contributed by atoms with van der Waals surface area (Å²) < 4.78 is 18.7. The summed E-state index contributed by atoms with van der Waals surface area (Å²) >= 11 is 0. The number of rotatable bonds is 12. The fourth-order valence-electron chi connectivity index (χ4n) is 3.49. The lowest BCUT2D eigenvalue weighted by Gasteiger charge is -2.28. The first-order valence-corrected chi connectivity index (χ1v) is 12.9. The molecular weight excluding hydrogens is 459 g/mol. The van der Waals surface area contributed by atoms with Gasteiger partial charge in [0.25, 0.3) is 7.52 Å². The minimum absolute atomic E-state index is 0.0438. The molecule has 0 bridgehead atoms. The fourth-order valence-corrected chi connectivity index (χ4v) is 5.31. The molecule has 0 fully saturated rings. The highest BCUT2D eigenvalue weighted by Gasteiger charge is 2.37. The van der Waals surface area contributed by atoms with Crippen LogP contribution in [-0.4, -0.2) is 58.5 Å². The number of benzene rings is 2. The Bertz CT molecular complexity index is 1010. The van der Waals surface area contributed by atoms with Gasteiger partial charge in [-0.15, -0.1) is 0 Å². The van der Waals surface area contributed by atoms with Gasteiger partial charge in [-0.3, -0.25) is 14.2 Å². The van der Waals surface area contributed by atoms with E-state index >= 15 is 0 Å². The van der Waals surface area contributed by atoms with E-state index in [9.17, 15) is 23.8 Å². The Balaban J connectivity index is 2.23. The lowest BCUT2D eigenvalue weighted by molar-refractivity contribution is -0.137. The van der Waals surface area contributed by atoms with Crippen molar-refractivity contribution in [3.8, 4) is 11.1 Å². The van der Waals surface area contributed by atoms with Gasteiger partial charge < -0.3 is 20.1 Å². The Morgan fingerprint density at radius 3 is 2.21 bits per heavy atom. The van der Waals surface area contributed by atoms with Crippen molar-refractivity contribution in [2.45, 2.75) is 26.7 Å². The van der Waals surface area contributed by atoms with Crippen LogP contribution in [0.4, 0.5) is 4.79 Å². The quantitative estimate of drug-likeness (QED) is 0.386. The monoisotopic (exact) mass is 490 g/mol. The number of hydrogen-bond acceptors (Lipinski definition) is 5. The second-order valence-corrected chi connectivity index (χ2v) is 9.84. The third-order valence-corrected chi connectivity index (χ3v) is 7.28. The number of nitrogens with one attached hydrogen (secondary N) is 1. The molecule has 10 heteroatoms. The Morgan fingerprint density at radius 2 is 1.65 bits per heavy atom. The highest BCUT2D eigenvalue weighted by molar-refractivity contribution is 7.56. The Hall–Kier alpha value is -3.16. The van der Waals surface area contributed by atoms with Crippen LogP contribution in [0, 0.1) is 5.92 Å². The molecule has 0 saturated heterocycles. The van der Waals surface area contributed by atoms with Crippen molar-refractivity contribution < 1.29 is 33.7 Å². The van der Waals surface area contributed by atoms with Gasteiger partial charge in [-0.1, -0.05) is 54.6 Å². The molecule has 2 atom stereocenters. The summed E-state index contributed by atoms with van der Waals surface area (Å²) in [5.74, 6) is -2.58. The maximum atomic E-state index is 13.1. The van der Waals surface area contributed by atoms with Crippen LogP contribution in [0.15, 0.2) is 54.6 Å². The maximum Gasteiger partial charge on any atom is 0.416 e. The maximum absolute atomic E-state index is 13.1. The van der Waals surface area contributed by atoms with Crippen LogP contribution in [0.1, 0.15) is 25.8 Å². The average molecular weight is 490 g/mol. The molecule has 0 heterocycles. The smallest absolute Gasteiger partial charge is 0.416 e. The van der Waals surface area contributed by atoms with E-state index in [1.807, 2.05) is 54.6 Å². The van der Waals surface area contributed by atoms with Gasteiger partial charge in [-0.05, 0) is 37.0 Å². The standard InChI is InChI=1S/C24H31N2O7P/c1-3-26(24(30)33-4-2)34(31,32)17-21(23(29)25-15-14-22(27)28)16-18-10-12-20(13-11-18)19-8-6-5-7-9-19/h5-13,21H,3-4,14-17H2,1-2H3,(H,25,29)(H,27,28)(H,31,32). The molecule has 184 valence electrons. The third kappa shape index (κ3) is 8.01. The topological polar surface area (TPSA) is 133 Å². The molecule has 2 rings (SSSR count). The van der Waals surface area contributed by atoms with E-state index < -0.39 is 37.6 Å². The number of carbonyl (C=O) groups is 3. The second kappa shape index (κ2) is 12.9. The summed E-state index contributed by atoms with van der Waals surface area (Å²) in [5, 5.41) is 11.3. The van der Waals surface area contributed by atoms with Crippen LogP contribution in [0.3, 0.4) is 0 Å². The molecule has 0 aliphatic heterocycles. The molecule has 0 aliphatic rings. The Labute approximate surface area is 199 Å². The average Bonchev–Trinajstić information content (AvgIpc) is 2.79. The zero-order chi connectivity index (χ0) is 25.1. The molecule has 2 unspecified atom stereocenters. The molecule has 0 aliphatic carbocycles. The van der Waals surface area contributed by atoms with Gasteiger partial charge in [0.05, 0.1) is 25.1 Å². The zero-order valence-corrected chi connectivity index (χ0v) is 20.2. The number of aliphatic carboxylic acids is 1. The van der Waals surface area contributed by atoms with Gasteiger partial charge in [-0.25, -0.2) is 9.46 Å². The normalized spacial score (nSPS) is 13.4. The van der Waals surface area contributed by atoms with E-state index in [1.165, 1.54) is 0 Å². The first kappa shape index (κ1) is 27.1. The molecule has 34 heavy (non-hydrogen) atoms. The number of carboxylic acids is 1. The van der Waals surface area contributed by atoms with Crippen LogP contribution in [0.25, 0.3) is 11.1 Å². The SMILES string of the molecule is CCOC(=O)N(CC)P(=O)(O)CC(Cc1ccc(-c2ccccc2)cc1)C(=O)NCCC(=O)O. The predicted molar refractivity (Wildman–Crippen MR) is 128 cm³/mol. The predicted octanol–water partition coefficient (Wildman–Crippen LogP) is 3.77.